The van der Waals surface area contributed by atoms with Gasteiger partial charge in [-0.3, -0.25) is 9.59 Å². The van der Waals surface area contributed by atoms with Crippen molar-refractivity contribution in [2.24, 2.45) is 0 Å². The third-order valence-corrected chi connectivity index (χ3v) is 6.21. The maximum atomic E-state index is 13.3. The van der Waals surface area contributed by atoms with Gasteiger partial charge in [-0.2, -0.15) is 0 Å². The molecule has 7 nitrogen and oxygen atoms in total. The van der Waals surface area contributed by atoms with E-state index in [1.807, 2.05) is 71.6 Å². The second kappa shape index (κ2) is 7.85. The molecule has 3 aromatic carbocycles. The summed E-state index contributed by atoms with van der Waals surface area (Å²) >= 11 is 0. The molecule has 0 saturated heterocycles. The number of hydrogen-bond acceptors (Lipinski definition) is 5. The van der Waals surface area contributed by atoms with E-state index in [2.05, 4.69) is 10.6 Å². The predicted molar refractivity (Wildman–Crippen MR) is 122 cm³/mol. The minimum Gasteiger partial charge on any atom is -0.454 e. The number of amides is 2. The molecule has 1 fully saturated rings. The topological polar surface area (TPSA) is 79.9 Å². The normalized spacial score (nSPS) is 18.2. The fourth-order valence-corrected chi connectivity index (χ4v) is 4.30. The van der Waals surface area contributed by atoms with Gasteiger partial charge in [-0.25, -0.2) is 0 Å². The average molecular weight is 441 g/mol. The Kier molecular flexibility index (Phi) is 4.68. The van der Waals surface area contributed by atoms with Crippen LogP contribution < -0.4 is 20.1 Å². The number of nitrogens with one attached hydrogen (secondary N) is 2. The first-order chi connectivity index (χ1) is 16.2. The first-order valence-corrected chi connectivity index (χ1v) is 11.1. The summed E-state index contributed by atoms with van der Waals surface area (Å²) in [7, 11) is 0. The molecule has 1 saturated carbocycles. The Labute approximate surface area is 191 Å². The van der Waals surface area contributed by atoms with Crippen molar-refractivity contribution in [2.45, 2.75) is 31.6 Å². The van der Waals surface area contributed by atoms with Crippen LogP contribution in [0.3, 0.4) is 0 Å². The highest BCUT2D eigenvalue weighted by molar-refractivity contribution is 5.99. The second-order valence-electron chi connectivity index (χ2n) is 8.58. The van der Waals surface area contributed by atoms with Gasteiger partial charge in [0.1, 0.15) is 6.17 Å². The fourth-order valence-electron chi connectivity index (χ4n) is 4.30. The number of benzene rings is 3. The van der Waals surface area contributed by atoms with Crippen molar-refractivity contribution in [3.8, 4) is 11.5 Å². The van der Waals surface area contributed by atoms with Gasteiger partial charge >= 0.3 is 0 Å². The Morgan fingerprint density at radius 3 is 2.58 bits per heavy atom. The van der Waals surface area contributed by atoms with E-state index in [0.29, 0.717) is 29.5 Å². The molecule has 1 atom stereocenters. The first kappa shape index (κ1) is 19.7. The third kappa shape index (κ3) is 3.75. The first-order valence-electron chi connectivity index (χ1n) is 11.1. The minimum atomic E-state index is -0.328. The summed E-state index contributed by atoms with van der Waals surface area (Å²) in [5.74, 6) is 1.34. The van der Waals surface area contributed by atoms with Crippen molar-refractivity contribution in [2.75, 3.05) is 12.1 Å². The van der Waals surface area contributed by atoms with E-state index < -0.39 is 0 Å². The SMILES string of the molecule is O=C(NC1CC1)c1ccc(NC2c3ccccc3C(=O)N2Cc2ccc3c(c2)OCO3)cc1. The molecule has 0 radical (unpaired) electrons. The van der Waals surface area contributed by atoms with Crippen molar-refractivity contribution in [3.63, 3.8) is 0 Å². The maximum absolute atomic E-state index is 13.3. The molecule has 2 aliphatic heterocycles. The molecule has 0 bridgehead atoms. The molecule has 7 heteroatoms. The van der Waals surface area contributed by atoms with Crippen LogP contribution in [0.25, 0.3) is 0 Å². The highest BCUT2D eigenvalue weighted by atomic mass is 16.7. The zero-order valence-electron chi connectivity index (χ0n) is 17.9. The number of nitrogens with zero attached hydrogens (tertiary/aromatic N) is 1. The van der Waals surface area contributed by atoms with Crippen molar-refractivity contribution >= 4 is 17.5 Å². The molecule has 3 aliphatic rings. The van der Waals surface area contributed by atoms with E-state index in [0.717, 1.165) is 35.4 Å². The molecule has 0 spiro atoms. The number of fused-ring (bicyclic) bond motifs is 2. The number of carbonyl (C=O) groups is 2. The van der Waals surface area contributed by atoms with Crippen LogP contribution in [0.4, 0.5) is 5.69 Å². The van der Waals surface area contributed by atoms with E-state index in [1.165, 1.54) is 0 Å². The number of anilines is 1. The summed E-state index contributed by atoms with van der Waals surface area (Å²) in [5, 5.41) is 6.49. The van der Waals surface area contributed by atoms with Crippen LogP contribution in [0.5, 0.6) is 11.5 Å². The standard InChI is InChI=1S/C26H23N3O4/c30-25(28-19-10-11-19)17-6-8-18(9-7-17)27-24-20-3-1-2-4-21(20)26(31)29(24)14-16-5-12-22-23(13-16)33-15-32-22/h1-9,12-13,19,24,27H,10-11,14-15H2,(H,28,30). The Hall–Kier alpha value is -4.00. The van der Waals surface area contributed by atoms with Crippen LogP contribution >= 0.6 is 0 Å². The van der Waals surface area contributed by atoms with E-state index in [1.54, 1.807) is 0 Å². The number of ether oxygens (including phenoxy) is 2. The Balaban J connectivity index is 1.25. The molecular formula is C26H23N3O4. The van der Waals surface area contributed by atoms with Crippen molar-refractivity contribution in [1.82, 2.24) is 10.2 Å². The average Bonchev–Trinajstić information content (AvgIpc) is 3.47. The Bertz CT molecular complexity index is 1240. The van der Waals surface area contributed by atoms with Crippen LogP contribution in [0.15, 0.2) is 66.7 Å². The van der Waals surface area contributed by atoms with Crippen LogP contribution in [0, 0.1) is 0 Å². The lowest BCUT2D eigenvalue weighted by Gasteiger charge is -2.27. The summed E-state index contributed by atoms with van der Waals surface area (Å²) in [4.78, 5) is 27.4. The van der Waals surface area contributed by atoms with Crippen LogP contribution in [0.2, 0.25) is 0 Å². The Morgan fingerprint density at radius 2 is 1.76 bits per heavy atom. The van der Waals surface area contributed by atoms with Gasteiger partial charge in [-0.1, -0.05) is 24.3 Å². The number of rotatable bonds is 6. The number of hydrogen-bond donors (Lipinski definition) is 2. The molecule has 33 heavy (non-hydrogen) atoms. The van der Waals surface area contributed by atoms with Crippen molar-refractivity contribution in [3.05, 3.63) is 89.0 Å². The van der Waals surface area contributed by atoms with Crippen LogP contribution in [-0.4, -0.2) is 29.5 Å². The monoisotopic (exact) mass is 441 g/mol. The van der Waals surface area contributed by atoms with Gasteiger partial charge in [0.15, 0.2) is 11.5 Å². The molecule has 1 unspecified atom stereocenters. The van der Waals surface area contributed by atoms with Crippen LogP contribution in [-0.2, 0) is 6.54 Å². The molecule has 2 heterocycles. The third-order valence-electron chi connectivity index (χ3n) is 6.21. The summed E-state index contributed by atoms with van der Waals surface area (Å²) in [6.45, 7) is 0.634. The fraction of sp³-hybridized carbons (Fsp3) is 0.231. The summed E-state index contributed by atoms with van der Waals surface area (Å²) in [5.41, 5.74) is 4.05. The quantitative estimate of drug-likeness (QED) is 0.603. The molecule has 166 valence electrons. The van der Waals surface area contributed by atoms with E-state index in [4.69, 9.17) is 9.47 Å². The van der Waals surface area contributed by atoms with Crippen molar-refractivity contribution < 1.29 is 19.1 Å². The number of carbonyl (C=O) groups excluding carboxylic acids is 2. The highest BCUT2D eigenvalue weighted by Gasteiger charge is 2.36. The van der Waals surface area contributed by atoms with Gasteiger partial charge < -0.3 is 25.0 Å². The lowest BCUT2D eigenvalue weighted by molar-refractivity contribution is 0.0728. The van der Waals surface area contributed by atoms with Crippen LogP contribution in [0.1, 0.15) is 50.9 Å². The molecule has 3 aromatic rings. The van der Waals surface area contributed by atoms with Gasteiger partial charge in [-0.15, -0.1) is 0 Å². The zero-order valence-corrected chi connectivity index (χ0v) is 17.9. The molecule has 0 aromatic heterocycles. The molecule has 6 rings (SSSR count). The lowest BCUT2D eigenvalue weighted by atomic mass is 10.1. The van der Waals surface area contributed by atoms with Gasteiger partial charge in [0.2, 0.25) is 6.79 Å². The highest BCUT2D eigenvalue weighted by Crippen LogP contribution is 2.37. The molecule has 2 N–H and O–H groups in total. The lowest BCUT2D eigenvalue weighted by Crippen LogP contribution is -2.32. The molecule has 1 aliphatic carbocycles. The van der Waals surface area contributed by atoms with E-state index in [9.17, 15) is 9.59 Å². The van der Waals surface area contributed by atoms with E-state index >= 15 is 0 Å². The summed E-state index contributed by atoms with van der Waals surface area (Å²) in [6.07, 6.45) is 1.78. The predicted octanol–water partition coefficient (Wildman–Crippen LogP) is 4.07. The molecule has 2 amide bonds. The second-order valence-corrected chi connectivity index (χ2v) is 8.58. The Morgan fingerprint density at radius 1 is 0.970 bits per heavy atom. The van der Waals surface area contributed by atoms with Crippen molar-refractivity contribution in [1.29, 1.82) is 0 Å². The van der Waals surface area contributed by atoms with Gasteiger partial charge in [0.25, 0.3) is 11.8 Å². The van der Waals surface area contributed by atoms with Gasteiger partial charge in [-0.05, 0) is 60.9 Å². The largest absolute Gasteiger partial charge is 0.454 e. The summed E-state index contributed by atoms with van der Waals surface area (Å²) < 4.78 is 10.9. The minimum absolute atomic E-state index is 0.0267. The van der Waals surface area contributed by atoms with E-state index in [-0.39, 0.29) is 24.8 Å². The smallest absolute Gasteiger partial charge is 0.256 e. The summed E-state index contributed by atoms with van der Waals surface area (Å²) in [6, 6.07) is 21.1. The van der Waals surface area contributed by atoms with Gasteiger partial charge in [0.05, 0.1) is 0 Å². The molecular weight excluding hydrogens is 418 g/mol. The van der Waals surface area contributed by atoms with Gasteiger partial charge in [0, 0.05) is 35.0 Å². The maximum Gasteiger partial charge on any atom is 0.256 e. The zero-order chi connectivity index (χ0) is 22.4.